The zero-order valence-electron chi connectivity index (χ0n) is 19.7. The van der Waals surface area contributed by atoms with E-state index in [1.54, 1.807) is 14.8 Å². The average molecular weight is 503 g/mol. The number of halogens is 2. The summed E-state index contributed by atoms with van der Waals surface area (Å²) >= 11 is 13.0. The smallest absolute Gasteiger partial charge is 0.410 e. The van der Waals surface area contributed by atoms with Gasteiger partial charge in [0.25, 0.3) is 5.91 Å². The summed E-state index contributed by atoms with van der Waals surface area (Å²) in [5, 5.41) is 14.7. The van der Waals surface area contributed by atoms with Crippen molar-refractivity contribution in [3.8, 4) is 0 Å². The summed E-state index contributed by atoms with van der Waals surface area (Å²) in [6, 6.07) is -0.355. The molecule has 4 rings (SSSR count). The van der Waals surface area contributed by atoms with Gasteiger partial charge in [0.05, 0.1) is 23.7 Å². The lowest BCUT2D eigenvalue weighted by Gasteiger charge is -2.45. The third kappa shape index (κ3) is 4.65. The van der Waals surface area contributed by atoms with E-state index in [0.717, 1.165) is 0 Å². The number of aliphatic hydroxyl groups excluding tert-OH is 1. The number of nitrogens with zero attached hydrogens (tertiary/aromatic N) is 4. The van der Waals surface area contributed by atoms with Crippen LogP contribution >= 0.6 is 23.2 Å². The lowest BCUT2D eigenvalue weighted by molar-refractivity contribution is -0.138. The summed E-state index contributed by atoms with van der Waals surface area (Å²) < 4.78 is 11.6. The lowest BCUT2D eigenvalue weighted by atomic mass is 10.0. The van der Waals surface area contributed by atoms with E-state index in [0.29, 0.717) is 43.3 Å². The Hall–Kier alpha value is -1.68. The lowest BCUT2D eigenvalue weighted by Crippen LogP contribution is -2.60. The van der Waals surface area contributed by atoms with Crippen LogP contribution in [0.1, 0.15) is 41.0 Å². The number of aliphatic hydroxyl groups is 1. The van der Waals surface area contributed by atoms with Crippen molar-refractivity contribution in [1.29, 1.82) is 0 Å². The van der Waals surface area contributed by atoms with Crippen molar-refractivity contribution in [3.05, 3.63) is 21.5 Å². The number of allylic oxidation sites excluding steroid dienone is 1. The Balaban J connectivity index is 1.61. The molecule has 0 spiro atoms. The van der Waals surface area contributed by atoms with Crippen LogP contribution in [-0.2, 0) is 14.3 Å². The minimum Gasteiger partial charge on any atom is -0.487 e. The zero-order valence-corrected chi connectivity index (χ0v) is 21.2. The molecule has 1 N–H and O–H groups in total. The fourth-order valence-electron chi connectivity index (χ4n) is 4.86. The number of hydrogen-bond acceptors (Lipinski definition) is 7. The quantitative estimate of drug-likeness (QED) is 0.589. The van der Waals surface area contributed by atoms with Crippen molar-refractivity contribution in [2.24, 2.45) is 0 Å². The number of carbonyl (C=O) groups excluding carboxylic acids is 2. The summed E-state index contributed by atoms with van der Waals surface area (Å²) in [5.74, 6) is 0.0177. The molecule has 0 aliphatic carbocycles. The predicted octanol–water partition coefficient (Wildman–Crippen LogP) is 2.44. The number of piperazine rings is 1. The topological polar surface area (TPSA) is 85.8 Å². The Morgan fingerprint density at radius 3 is 2.52 bits per heavy atom. The number of β-amino-alcohol motifs (C(OH)–C–C–N with tert-alkyl or cyclic N) is 1. The van der Waals surface area contributed by atoms with Crippen molar-refractivity contribution in [1.82, 2.24) is 19.8 Å². The molecule has 2 amide bonds. The van der Waals surface area contributed by atoms with E-state index in [1.165, 1.54) is 0 Å². The third-order valence-electron chi connectivity index (χ3n) is 6.33. The first-order valence-corrected chi connectivity index (χ1v) is 12.0. The summed E-state index contributed by atoms with van der Waals surface area (Å²) in [5.41, 5.74) is -0.674. The highest BCUT2D eigenvalue weighted by Crippen LogP contribution is 2.41. The number of ether oxygens (including phenoxy) is 2. The summed E-state index contributed by atoms with van der Waals surface area (Å²) in [6.07, 6.45) is -0.365. The van der Waals surface area contributed by atoms with Crippen LogP contribution in [0.2, 0.25) is 0 Å². The number of hydrogen-bond donors (Lipinski definition) is 1. The minimum atomic E-state index is -0.604. The second-order valence-corrected chi connectivity index (χ2v) is 11.4. The first-order valence-electron chi connectivity index (χ1n) is 11.2. The minimum absolute atomic E-state index is 0.171. The number of fused-ring (bicyclic) bond motifs is 1. The largest absolute Gasteiger partial charge is 0.487 e. The van der Waals surface area contributed by atoms with Gasteiger partial charge in [0.15, 0.2) is 11.5 Å². The van der Waals surface area contributed by atoms with Gasteiger partial charge in [-0.25, -0.2) is 9.80 Å². The Morgan fingerprint density at radius 1 is 1.21 bits per heavy atom. The SMILES string of the molecule is CC(C)(C)OC(=O)N1CCN2C(=O)C3=C(OC[C@H]2C1)C(Cl)=C(Cl)CN3N1CC(O)CC1(C)C. The molecular weight excluding hydrogens is 471 g/mol. The van der Waals surface area contributed by atoms with Crippen LogP contribution < -0.4 is 0 Å². The molecule has 2 atom stereocenters. The van der Waals surface area contributed by atoms with Gasteiger partial charge < -0.3 is 24.4 Å². The number of hydrazine groups is 1. The van der Waals surface area contributed by atoms with Gasteiger partial charge in [-0.1, -0.05) is 23.2 Å². The van der Waals surface area contributed by atoms with Crippen LogP contribution in [0.25, 0.3) is 0 Å². The molecule has 0 saturated carbocycles. The third-order valence-corrected chi connectivity index (χ3v) is 7.13. The fourth-order valence-corrected chi connectivity index (χ4v) is 5.26. The van der Waals surface area contributed by atoms with Crippen molar-refractivity contribution in [3.63, 3.8) is 0 Å². The molecule has 0 bridgehead atoms. The van der Waals surface area contributed by atoms with Gasteiger partial charge in [-0.3, -0.25) is 9.80 Å². The monoisotopic (exact) mass is 502 g/mol. The molecule has 4 aliphatic heterocycles. The molecule has 2 saturated heterocycles. The van der Waals surface area contributed by atoms with Crippen LogP contribution in [-0.4, -0.2) is 99.5 Å². The van der Waals surface area contributed by atoms with E-state index in [4.69, 9.17) is 32.7 Å². The van der Waals surface area contributed by atoms with Gasteiger partial charge in [-0.15, -0.1) is 0 Å². The number of amides is 2. The summed E-state index contributed by atoms with van der Waals surface area (Å²) in [7, 11) is 0. The maximum absolute atomic E-state index is 13.8. The van der Waals surface area contributed by atoms with Crippen LogP contribution in [0.3, 0.4) is 0 Å². The molecule has 33 heavy (non-hydrogen) atoms. The first kappa shape index (κ1) is 24.4. The molecular formula is C22H32Cl2N4O5. The molecule has 9 nitrogen and oxygen atoms in total. The molecule has 0 aromatic rings. The Labute approximate surface area is 204 Å². The van der Waals surface area contributed by atoms with Crippen LogP contribution in [0.5, 0.6) is 0 Å². The number of carbonyl (C=O) groups is 2. The molecule has 2 fully saturated rings. The highest BCUT2D eigenvalue weighted by Gasteiger charge is 2.48. The molecule has 0 aromatic carbocycles. The highest BCUT2D eigenvalue weighted by molar-refractivity contribution is 6.41. The summed E-state index contributed by atoms with van der Waals surface area (Å²) in [4.78, 5) is 29.8. The standard InChI is InChI=1S/C22H32Cl2N4O5/c1-21(2,3)33-20(31)25-6-7-26-13(9-25)12-32-18-16(24)15(23)11-27(17(18)19(26)30)28-10-14(29)8-22(28,4)5/h13-14,29H,6-12H2,1-5H3/t13-,14?/m1/s1. The zero-order chi connectivity index (χ0) is 24.3. The maximum atomic E-state index is 13.8. The van der Waals surface area contributed by atoms with E-state index in [9.17, 15) is 14.7 Å². The molecule has 1 unspecified atom stereocenters. The molecule has 0 aromatic heterocycles. The highest BCUT2D eigenvalue weighted by atomic mass is 35.5. The molecule has 0 radical (unpaired) electrons. The van der Waals surface area contributed by atoms with Gasteiger partial charge in [-0.05, 0) is 41.0 Å². The van der Waals surface area contributed by atoms with Gasteiger partial charge in [0.1, 0.15) is 17.2 Å². The molecule has 11 heteroatoms. The molecule has 4 heterocycles. The van der Waals surface area contributed by atoms with Gasteiger partial charge >= 0.3 is 6.09 Å². The van der Waals surface area contributed by atoms with Crippen molar-refractivity contribution in [2.75, 3.05) is 39.3 Å². The van der Waals surface area contributed by atoms with Crippen molar-refractivity contribution in [2.45, 2.75) is 64.3 Å². The van der Waals surface area contributed by atoms with Gasteiger partial charge in [0, 0.05) is 31.7 Å². The Bertz CT molecular complexity index is 913. The summed E-state index contributed by atoms with van der Waals surface area (Å²) in [6.45, 7) is 11.2. The molecule has 4 aliphatic rings. The van der Waals surface area contributed by atoms with Crippen molar-refractivity contribution < 1.29 is 24.2 Å². The van der Waals surface area contributed by atoms with E-state index in [-0.39, 0.29) is 41.4 Å². The second-order valence-electron chi connectivity index (χ2n) is 10.6. The van der Waals surface area contributed by atoms with Crippen molar-refractivity contribution >= 4 is 35.2 Å². The first-order chi connectivity index (χ1) is 15.3. The number of rotatable bonds is 1. The normalized spacial score (nSPS) is 28.5. The van der Waals surface area contributed by atoms with Crippen LogP contribution in [0.15, 0.2) is 21.5 Å². The van der Waals surface area contributed by atoms with E-state index < -0.39 is 17.8 Å². The van der Waals surface area contributed by atoms with E-state index >= 15 is 0 Å². The van der Waals surface area contributed by atoms with Gasteiger partial charge in [0.2, 0.25) is 0 Å². The van der Waals surface area contributed by atoms with Gasteiger partial charge in [-0.2, -0.15) is 0 Å². The molecule has 184 valence electrons. The average Bonchev–Trinajstić information content (AvgIpc) is 2.89. The van der Waals surface area contributed by atoms with Crippen LogP contribution in [0, 0.1) is 0 Å². The van der Waals surface area contributed by atoms with E-state index in [2.05, 4.69) is 0 Å². The van der Waals surface area contributed by atoms with Crippen LogP contribution in [0.4, 0.5) is 4.79 Å². The Kier molecular flexibility index (Phi) is 6.31. The van der Waals surface area contributed by atoms with E-state index in [1.807, 2.05) is 39.6 Å². The second kappa shape index (κ2) is 8.52. The fraction of sp³-hybridized carbons (Fsp3) is 0.727. The Morgan fingerprint density at radius 2 is 1.91 bits per heavy atom. The maximum Gasteiger partial charge on any atom is 0.410 e. The predicted molar refractivity (Wildman–Crippen MR) is 123 cm³/mol.